The first kappa shape index (κ1) is 22.6. The summed E-state index contributed by atoms with van der Waals surface area (Å²) in [6, 6.07) is 11.3. The van der Waals surface area contributed by atoms with Crippen LogP contribution in [0.3, 0.4) is 0 Å². The second-order valence-corrected chi connectivity index (χ2v) is 8.38. The monoisotopic (exact) mass is 440 g/mol. The fourth-order valence-corrected chi connectivity index (χ4v) is 3.74. The van der Waals surface area contributed by atoms with Crippen LogP contribution in [0.5, 0.6) is 17.2 Å². The maximum Gasteiger partial charge on any atom is 0.250 e. The molecule has 0 unspecified atom stereocenters. The number of carbonyl (C=O) groups is 1. The maximum atomic E-state index is 12.3. The Kier molecular flexibility index (Phi) is 7.89. The molecular formula is C24H28N2O4S. The van der Waals surface area contributed by atoms with Gasteiger partial charge in [-0.3, -0.25) is 10.1 Å². The van der Waals surface area contributed by atoms with Gasteiger partial charge in [-0.2, -0.15) is 0 Å². The molecule has 0 aliphatic heterocycles. The molecule has 0 aliphatic carbocycles. The molecule has 2 aromatic carbocycles. The van der Waals surface area contributed by atoms with E-state index in [1.165, 1.54) is 17.4 Å². The molecule has 164 valence electrons. The number of nitrogens with one attached hydrogen (secondary N) is 1. The minimum atomic E-state index is -0.250. The Morgan fingerprint density at radius 2 is 2.00 bits per heavy atom. The van der Waals surface area contributed by atoms with E-state index >= 15 is 0 Å². The Bertz CT molecular complexity index is 1060. The quantitative estimate of drug-likeness (QED) is 0.405. The summed E-state index contributed by atoms with van der Waals surface area (Å²) in [4.78, 5) is 16.8. The molecule has 0 radical (unpaired) electrons. The van der Waals surface area contributed by atoms with Crippen molar-refractivity contribution < 1.29 is 19.0 Å². The van der Waals surface area contributed by atoms with E-state index in [2.05, 4.69) is 24.1 Å². The number of fused-ring (bicyclic) bond motifs is 1. The summed E-state index contributed by atoms with van der Waals surface area (Å²) < 4.78 is 17.7. The second kappa shape index (κ2) is 10.8. The van der Waals surface area contributed by atoms with Crippen LogP contribution in [0.15, 0.2) is 42.5 Å². The van der Waals surface area contributed by atoms with Gasteiger partial charge < -0.3 is 14.2 Å². The number of rotatable bonds is 10. The normalized spacial score (nSPS) is 11.3. The van der Waals surface area contributed by atoms with E-state index in [4.69, 9.17) is 14.2 Å². The molecule has 3 rings (SSSR count). The Labute approximate surface area is 186 Å². The summed E-state index contributed by atoms with van der Waals surface area (Å²) in [5.74, 6) is 2.46. The van der Waals surface area contributed by atoms with E-state index in [9.17, 15) is 4.79 Å². The van der Waals surface area contributed by atoms with Crippen LogP contribution in [0.4, 0.5) is 5.13 Å². The van der Waals surface area contributed by atoms with Gasteiger partial charge in [0.1, 0.15) is 5.75 Å². The molecule has 1 amide bonds. The van der Waals surface area contributed by atoms with Gasteiger partial charge in [0.15, 0.2) is 16.6 Å². The number of benzene rings is 2. The lowest BCUT2D eigenvalue weighted by Gasteiger charge is -2.12. The lowest BCUT2D eigenvalue weighted by Crippen LogP contribution is -2.07. The van der Waals surface area contributed by atoms with E-state index < -0.39 is 0 Å². The second-order valence-electron chi connectivity index (χ2n) is 7.35. The summed E-state index contributed by atoms with van der Waals surface area (Å²) >= 11 is 1.41. The van der Waals surface area contributed by atoms with Gasteiger partial charge in [0, 0.05) is 6.08 Å². The lowest BCUT2D eigenvalue weighted by molar-refractivity contribution is -0.111. The molecule has 0 saturated carbocycles. The van der Waals surface area contributed by atoms with E-state index in [-0.39, 0.29) is 5.91 Å². The molecular weight excluding hydrogens is 412 g/mol. The minimum absolute atomic E-state index is 0.250. The van der Waals surface area contributed by atoms with E-state index in [1.807, 2.05) is 43.3 Å². The molecule has 0 aliphatic rings. The van der Waals surface area contributed by atoms with E-state index in [0.717, 1.165) is 28.0 Å². The highest BCUT2D eigenvalue weighted by Crippen LogP contribution is 2.30. The molecule has 6 nitrogen and oxygen atoms in total. The molecule has 0 spiro atoms. The van der Waals surface area contributed by atoms with Gasteiger partial charge in [-0.15, -0.1) is 0 Å². The molecule has 0 bridgehead atoms. The first-order valence-electron chi connectivity index (χ1n) is 10.3. The van der Waals surface area contributed by atoms with Gasteiger partial charge in [0.2, 0.25) is 5.91 Å². The van der Waals surface area contributed by atoms with Crippen LogP contribution < -0.4 is 19.5 Å². The van der Waals surface area contributed by atoms with Crippen LogP contribution in [-0.2, 0) is 4.79 Å². The van der Waals surface area contributed by atoms with Crippen LogP contribution in [0.25, 0.3) is 16.3 Å². The Hall–Kier alpha value is -3.06. The zero-order valence-corrected chi connectivity index (χ0v) is 19.1. The van der Waals surface area contributed by atoms with Crippen molar-refractivity contribution >= 4 is 38.7 Å². The zero-order valence-electron chi connectivity index (χ0n) is 18.3. The number of nitrogens with zero attached hydrogens (tertiary/aromatic N) is 1. The smallest absolute Gasteiger partial charge is 0.250 e. The molecule has 1 aromatic heterocycles. The third-order valence-corrected chi connectivity index (χ3v) is 5.40. The number of thiazole rings is 1. The summed E-state index contributed by atoms with van der Waals surface area (Å²) in [5.41, 5.74) is 1.67. The standard InChI is InChI=1S/C24H28N2O4S/c1-5-29-18-8-9-19-22(15-18)31-24(25-19)26-23(27)11-7-17-6-10-20(21(14-17)28-4)30-13-12-16(2)3/h6-11,14-16H,5,12-13H2,1-4H3,(H,25,26,27)/b11-7+. The predicted octanol–water partition coefficient (Wildman–Crippen LogP) is 5.78. The number of aromatic nitrogens is 1. The number of hydrogen-bond acceptors (Lipinski definition) is 6. The number of ether oxygens (including phenoxy) is 3. The minimum Gasteiger partial charge on any atom is -0.494 e. The molecule has 1 heterocycles. The average molecular weight is 441 g/mol. The fraction of sp³-hybridized carbons (Fsp3) is 0.333. The van der Waals surface area contributed by atoms with Crippen molar-refractivity contribution in [3.05, 3.63) is 48.0 Å². The molecule has 7 heteroatoms. The molecule has 0 fully saturated rings. The lowest BCUT2D eigenvalue weighted by atomic mass is 10.1. The van der Waals surface area contributed by atoms with Crippen molar-refractivity contribution in [2.24, 2.45) is 5.92 Å². The van der Waals surface area contributed by atoms with E-state index in [0.29, 0.717) is 35.8 Å². The summed E-state index contributed by atoms with van der Waals surface area (Å²) in [6.45, 7) is 7.50. The van der Waals surface area contributed by atoms with Crippen molar-refractivity contribution in [1.29, 1.82) is 0 Å². The van der Waals surface area contributed by atoms with Gasteiger partial charge in [0.25, 0.3) is 0 Å². The van der Waals surface area contributed by atoms with E-state index in [1.54, 1.807) is 13.2 Å². The zero-order chi connectivity index (χ0) is 22.2. The molecule has 0 saturated heterocycles. The van der Waals surface area contributed by atoms with Crippen molar-refractivity contribution in [2.75, 3.05) is 25.6 Å². The maximum absolute atomic E-state index is 12.3. The van der Waals surface area contributed by atoms with Crippen molar-refractivity contribution in [2.45, 2.75) is 27.2 Å². The largest absolute Gasteiger partial charge is 0.494 e. The number of amides is 1. The van der Waals surface area contributed by atoms with Crippen LogP contribution in [0.1, 0.15) is 32.8 Å². The topological polar surface area (TPSA) is 69.7 Å². The fourth-order valence-electron chi connectivity index (χ4n) is 2.85. The first-order chi connectivity index (χ1) is 15.0. The summed E-state index contributed by atoms with van der Waals surface area (Å²) in [6.07, 6.45) is 4.19. The van der Waals surface area contributed by atoms with Crippen molar-refractivity contribution in [3.8, 4) is 17.2 Å². The molecule has 1 N–H and O–H groups in total. The Balaban J connectivity index is 1.63. The SMILES string of the molecule is CCOc1ccc2nc(NC(=O)/C=C/c3ccc(OCCC(C)C)c(OC)c3)sc2c1. The van der Waals surface area contributed by atoms with Gasteiger partial charge >= 0.3 is 0 Å². The number of anilines is 1. The highest BCUT2D eigenvalue weighted by atomic mass is 32.1. The molecule has 0 atom stereocenters. The Morgan fingerprint density at radius 3 is 2.74 bits per heavy atom. The summed E-state index contributed by atoms with van der Waals surface area (Å²) in [7, 11) is 1.61. The predicted molar refractivity (Wildman–Crippen MR) is 126 cm³/mol. The first-order valence-corrected chi connectivity index (χ1v) is 11.1. The summed E-state index contributed by atoms with van der Waals surface area (Å²) in [5, 5.41) is 3.36. The van der Waals surface area contributed by atoms with Gasteiger partial charge in [-0.1, -0.05) is 31.3 Å². The average Bonchev–Trinajstić information content (AvgIpc) is 3.14. The van der Waals surface area contributed by atoms with Crippen molar-refractivity contribution in [1.82, 2.24) is 4.98 Å². The van der Waals surface area contributed by atoms with Crippen LogP contribution in [-0.4, -0.2) is 31.2 Å². The van der Waals surface area contributed by atoms with Crippen LogP contribution >= 0.6 is 11.3 Å². The molecule has 31 heavy (non-hydrogen) atoms. The third-order valence-electron chi connectivity index (χ3n) is 4.47. The van der Waals surface area contributed by atoms with Crippen molar-refractivity contribution in [3.63, 3.8) is 0 Å². The van der Waals surface area contributed by atoms with Gasteiger partial charge in [0.05, 0.1) is 30.5 Å². The highest BCUT2D eigenvalue weighted by Gasteiger charge is 2.08. The number of hydrogen-bond donors (Lipinski definition) is 1. The third kappa shape index (κ3) is 6.46. The van der Waals surface area contributed by atoms with Gasteiger partial charge in [-0.05, 0) is 61.2 Å². The number of methoxy groups -OCH3 is 1. The molecule has 3 aromatic rings. The van der Waals surface area contributed by atoms with Crippen LogP contribution in [0, 0.1) is 5.92 Å². The van der Waals surface area contributed by atoms with Crippen LogP contribution in [0.2, 0.25) is 0 Å². The number of carbonyl (C=O) groups excluding carboxylic acids is 1. The Morgan fingerprint density at radius 1 is 1.16 bits per heavy atom. The highest BCUT2D eigenvalue weighted by molar-refractivity contribution is 7.22. The van der Waals surface area contributed by atoms with Gasteiger partial charge in [-0.25, -0.2) is 4.98 Å².